The molecule has 3 rings (SSSR count). The number of nitrogens with zero attached hydrogens (tertiary/aromatic N) is 1. The number of nitrogens with one attached hydrogen (secondary N) is 2. The highest BCUT2D eigenvalue weighted by atomic mass is 16.5. The normalized spacial score (nSPS) is 14.9. The molecule has 2 aromatic rings. The van der Waals surface area contributed by atoms with E-state index in [1.807, 2.05) is 24.3 Å². The minimum absolute atomic E-state index is 0.126. The highest BCUT2D eigenvalue weighted by Gasteiger charge is 2.22. The maximum absolute atomic E-state index is 12.3. The molecule has 1 amide bonds. The van der Waals surface area contributed by atoms with Crippen LogP contribution in [0.2, 0.25) is 0 Å². The minimum atomic E-state index is 0.126. The maximum atomic E-state index is 12.3. The fraction of sp³-hybridized carbons (Fsp3) is 0.381. The van der Waals surface area contributed by atoms with Gasteiger partial charge in [-0.05, 0) is 42.3 Å². The van der Waals surface area contributed by atoms with E-state index in [4.69, 9.17) is 4.74 Å². The Morgan fingerprint density at radius 1 is 1.12 bits per heavy atom. The van der Waals surface area contributed by atoms with Gasteiger partial charge in [-0.15, -0.1) is 0 Å². The number of carbonyl (C=O) groups is 1. The molecule has 0 atom stereocenters. The summed E-state index contributed by atoms with van der Waals surface area (Å²) in [5.74, 6) is 1.00. The third kappa shape index (κ3) is 4.76. The number of piperazine rings is 1. The number of amides is 1. The molecule has 138 valence electrons. The molecule has 1 heterocycles. The van der Waals surface area contributed by atoms with Crippen molar-refractivity contribution in [2.24, 2.45) is 0 Å². The number of hydrogen-bond donors (Lipinski definition) is 2. The molecule has 5 nitrogen and oxygen atoms in total. The number of carbonyl (C=O) groups excluding carboxylic acids is 1. The summed E-state index contributed by atoms with van der Waals surface area (Å²) in [7, 11) is 1.68. The summed E-state index contributed by atoms with van der Waals surface area (Å²) in [4.78, 5) is 16.0. The van der Waals surface area contributed by atoms with Gasteiger partial charge in [-0.25, -0.2) is 0 Å². The van der Waals surface area contributed by atoms with E-state index in [1.54, 1.807) is 7.11 Å². The summed E-state index contributed by atoms with van der Waals surface area (Å²) in [5, 5.41) is 3.06. The van der Waals surface area contributed by atoms with Crippen LogP contribution in [0.5, 0.6) is 5.75 Å². The van der Waals surface area contributed by atoms with E-state index in [-0.39, 0.29) is 5.91 Å². The van der Waals surface area contributed by atoms with Gasteiger partial charge in [0.2, 0.25) is 0 Å². The van der Waals surface area contributed by atoms with Crippen LogP contribution < -0.4 is 19.9 Å². The number of ether oxygens (including phenoxy) is 1. The number of methoxy groups -OCH3 is 1. The summed E-state index contributed by atoms with van der Waals surface area (Å²) in [6.07, 6.45) is 0. The molecule has 0 aliphatic carbocycles. The molecule has 2 N–H and O–H groups in total. The molecular weight excluding hydrogens is 326 g/mol. The highest BCUT2D eigenvalue weighted by Crippen LogP contribution is 2.18. The quantitative estimate of drug-likeness (QED) is 0.814. The molecule has 0 aromatic heterocycles. The van der Waals surface area contributed by atoms with Gasteiger partial charge in [0, 0.05) is 12.2 Å². The van der Waals surface area contributed by atoms with E-state index in [9.17, 15) is 4.79 Å². The SMILES string of the molecule is COc1ccc(N2CC[NH+](CC(=O)NCc3ccccc3C)CC2)cc1. The smallest absolute Gasteiger partial charge is 0.275 e. The van der Waals surface area contributed by atoms with Crippen LogP contribution in [-0.4, -0.2) is 45.7 Å². The fourth-order valence-electron chi connectivity index (χ4n) is 3.34. The first-order valence-corrected chi connectivity index (χ1v) is 9.19. The molecule has 1 fully saturated rings. The third-order valence-corrected chi connectivity index (χ3v) is 5.06. The van der Waals surface area contributed by atoms with Gasteiger partial charge in [-0.1, -0.05) is 24.3 Å². The second kappa shape index (κ2) is 8.72. The molecule has 26 heavy (non-hydrogen) atoms. The molecule has 5 heteroatoms. The second-order valence-electron chi connectivity index (χ2n) is 6.82. The summed E-state index contributed by atoms with van der Waals surface area (Å²) in [6.45, 7) is 7.11. The van der Waals surface area contributed by atoms with Crippen LogP contribution in [0.15, 0.2) is 48.5 Å². The average molecular weight is 354 g/mol. The van der Waals surface area contributed by atoms with E-state index < -0.39 is 0 Å². The van der Waals surface area contributed by atoms with Gasteiger partial charge in [0.15, 0.2) is 6.54 Å². The van der Waals surface area contributed by atoms with Crippen LogP contribution in [0.25, 0.3) is 0 Å². The lowest BCUT2D eigenvalue weighted by atomic mass is 10.1. The van der Waals surface area contributed by atoms with E-state index in [0.717, 1.165) is 31.9 Å². The van der Waals surface area contributed by atoms with Crippen molar-refractivity contribution in [3.63, 3.8) is 0 Å². The largest absolute Gasteiger partial charge is 0.497 e. The number of aryl methyl sites for hydroxylation is 1. The monoisotopic (exact) mass is 354 g/mol. The van der Waals surface area contributed by atoms with E-state index in [1.165, 1.54) is 21.7 Å². The lowest BCUT2D eigenvalue weighted by molar-refractivity contribution is -0.892. The van der Waals surface area contributed by atoms with E-state index in [0.29, 0.717) is 13.1 Å². The van der Waals surface area contributed by atoms with Gasteiger partial charge < -0.3 is 19.9 Å². The molecule has 0 radical (unpaired) electrons. The lowest BCUT2D eigenvalue weighted by Crippen LogP contribution is -3.15. The number of anilines is 1. The minimum Gasteiger partial charge on any atom is -0.497 e. The summed E-state index contributed by atoms with van der Waals surface area (Å²) in [5.41, 5.74) is 3.61. The Labute approximate surface area is 155 Å². The van der Waals surface area contributed by atoms with Crippen molar-refractivity contribution in [3.05, 3.63) is 59.7 Å². The zero-order valence-electron chi connectivity index (χ0n) is 15.6. The van der Waals surface area contributed by atoms with Crippen LogP contribution in [0.4, 0.5) is 5.69 Å². The van der Waals surface area contributed by atoms with Crippen molar-refractivity contribution < 1.29 is 14.4 Å². The van der Waals surface area contributed by atoms with E-state index >= 15 is 0 Å². The predicted molar refractivity (Wildman–Crippen MR) is 104 cm³/mol. The Bertz CT molecular complexity index is 722. The van der Waals surface area contributed by atoms with Crippen molar-refractivity contribution in [2.75, 3.05) is 44.7 Å². The fourth-order valence-corrected chi connectivity index (χ4v) is 3.34. The van der Waals surface area contributed by atoms with Crippen molar-refractivity contribution in [1.82, 2.24) is 5.32 Å². The molecule has 1 aliphatic rings. The Hall–Kier alpha value is -2.53. The van der Waals surface area contributed by atoms with Crippen LogP contribution in [0.3, 0.4) is 0 Å². The molecule has 1 aliphatic heterocycles. The van der Waals surface area contributed by atoms with Gasteiger partial charge in [-0.3, -0.25) is 4.79 Å². The Morgan fingerprint density at radius 3 is 2.46 bits per heavy atom. The van der Waals surface area contributed by atoms with Crippen LogP contribution in [0, 0.1) is 6.92 Å². The molecule has 1 saturated heterocycles. The highest BCUT2D eigenvalue weighted by molar-refractivity contribution is 5.76. The standard InChI is InChI=1S/C21H27N3O2/c1-17-5-3-4-6-18(17)15-22-21(25)16-23-11-13-24(14-12-23)19-7-9-20(26-2)10-8-19/h3-10H,11-16H2,1-2H3,(H,22,25)/p+1. The van der Waals surface area contributed by atoms with Crippen molar-refractivity contribution in [3.8, 4) is 5.75 Å². The maximum Gasteiger partial charge on any atom is 0.275 e. The predicted octanol–water partition coefficient (Wildman–Crippen LogP) is 1.02. The molecule has 0 unspecified atom stereocenters. The molecule has 2 aromatic carbocycles. The Kier molecular flexibility index (Phi) is 6.12. The zero-order chi connectivity index (χ0) is 18.4. The third-order valence-electron chi connectivity index (χ3n) is 5.06. The topological polar surface area (TPSA) is 46.0 Å². The van der Waals surface area contributed by atoms with Crippen LogP contribution >= 0.6 is 0 Å². The first-order chi connectivity index (χ1) is 12.7. The number of rotatable bonds is 6. The Balaban J connectivity index is 1.43. The van der Waals surface area contributed by atoms with Gasteiger partial charge in [0.25, 0.3) is 5.91 Å². The van der Waals surface area contributed by atoms with Crippen molar-refractivity contribution in [2.45, 2.75) is 13.5 Å². The second-order valence-corrected chi connectivity index (χ2v) is 6.82. The van der Waals surface area contributed by atoms with Gasteiger partial charge >= 0.3 is 0 Å². The molecule has 0 saturated carbocycles. The van der Waals surface area contributed by atoms with Gasteiger partial charge in [0.1, 0.15) is 5.75 Å². The first-order valence-electron chi connectivity index (χ1n) is 9.19. The molecule has 0 bridgehead atoms. The van der Waals surface area contributed by atoms with Gasteiger partial charge in [0.05, 0.1) is 33.3 Å². The summed E-state index contributed by atoms with van der Waals surface area (Å²) >= 11 is 0. The van der Waals surface area contributed by atoms with Gasteiger partial charge in [-0.2, -0.15) is 0 Å². The summed E-state index contributed by atoms with van der Waals surface area (Å²) < 4.78 is 5.21. The number of hydrogen-bond acceptors (Lipinski definition) is 3. The molecule has 0 spiro atoms. The lowest BCUT2D eigenvalue weighted by Gasteiger charge is -2.33. The van der Waals surface area contributed by atoms with Crippen molar-refractivity contribution in [1.29, 1.82) is 0 Å². The van der Waals surface area contributed by atoms with Crippen molar-refractivity contribution >= 4 is 11.6 Å². The zero-order valence-corrected chi connectivity index (χ0v) is 15.6. The Morgan fingerprint density at radius 2 is 1.81 bits per heavy atom. The first kappa shape index (κ1) is 18.3. The molecular formula is C21H28N3O2+. The average Bonchev–Trinajstić information content (AvgIpc) is 2.68. The summed E-state index contributed by atoms with van der Waals surface area (Å²) in [6, 6.07) is 16.4. The van der Waals surface area contributed by atoms with Crippen LogP contribution in [-0.2, 0) is 11.3 Å². The number of quaternary nitrogens is 1. The van der Waals surface area contributed by atoms with Crippen LogP contribution in [0.1, 0.15) is 11.1 Å². The van der Waals surface area contributed by atoms with E-state index in [2.05, 4.69) is 41.4 Å². The number of benzene rings is 2.